The predicted octanol–water partition coefficient (Wildman–Crippen LogP) is 3.81. The van der Waals surface area contributed by atoms with Crippen LogP contribution in [0.25, 0.3) is 0 Å². The summed E-state index contributed by atoms with van der Waals surface area (Å²) in [6, 6.07) is 5.61. The average molecular weight is 411 g/mol. The monoisotopic (exact) mass is 410 g/mol. The molecule has 0 unspecified atom stereocenters. The van der Waals surface area contributed by atoms with Crippen molar-refractivity contribution in [3.63, 3.8) is 0 Å². The van der Waals surface area contributed by atoms with Gasteiger partial charge in [-0.3, -0.25) is 9.59 Å². The number of carbonyl (C=O) groups is 2. The number of nitrogens with two attached hydrogens (primary N) is 1. The number of benzene rings is 1. The molecule has 1 aromatic carbocycles. The van der Waals surface area contributed by atoms with E-state index in [1.54, 1.807) is 6.07 Å². The lowest BCUT2D eigenvalue weighted by Gasteiger charge is -2.09. The summed E-state index contributed by atoms with van der Waals surface area (Å²) < 4.78 is 6.30. The van der Waals surface area contributed by atoms with Crippen LogP contribution >= 0.6 is 27.3 Å². The molecule has 0 fully saturated rings. The molecule has 0 aliphatic carbocycles. The first-order valence-corrected chi connectivity index (χ1v) is 9.05. The molecule has 0 atom stereocenters. The van der Waals surface area contributed by atoms with Crippen molar-refractivity contribution < 1.29 is 14.3 Å². The van der Waals surface area contributed by atoms with E-state index in [0.717, 1.165) is 20.5 Å². The Morgan fingerprint density at radius 3 is 2.62 bits per heavy atom. The van der Waals surface area contributed by atoms with Crippen molar-refractivity contribution >= 4 is 44.1 Å². The molecule has 0 spiro atoms. The lowest BCUT2D eigenvalue weighted by molar-refractivity contribution is -0.118. The number of rotatable bonds is 6. The minimum atomic E-state index is -0.534. The topological polar surface area (TPSA) is 81.4 Å². The first kappa shape index (κ1) is 18.5. The summed E-state index contributed by atoms with van der Waals surface area (Å²) in [7, 11) is 0. The Balaban J connectivity index is 2.09. The number of amides is 2. The van der Waals surface area contributed by atoms with Gasteiger partial charge in [0.2, 0.25) is 0 Å². The highest BCUT2D eigenvalue weighted by Crippen LogP contribution is 2.33. The maximum atomic E-state index is 12.2. The summed E-state index contributed by atoms with van der Waals surface area (Å²) >= 11 is 4.75. The predicted molar refractivity (Wildman–Crippen MR) is 100.0 cm³/mol. The third-order valence-corrected chi connectivity index (χ3v) is 5.19. The van der Waals surface area contributed by atoms with Crippen LogP contribution in [0, 0.1) is 13.8 Å². The molecule has 0 aliphatic rings. The molecule has 0 radical (unpaired) electrons. The zero-order valence-electron chi connectivity index (χ0n) is 13.7. The first-order valence-electron chi connectivity index (χ1n) is 7.44. The van der Waals surface area contributed by atoms with Gasteiger partial charge in [-0.25, -0.2) is 0 Å². The van der Waals surface area contributed by atoms with Crippen LogP contribution in [0.1, 0.15) is 33.3 Å². The van der Waals surface area contributed by atoms with Gasteiger partial charge >= 0.3 is 0 Å². The normalized spacial score (nSPS) is 10.5. The highest BCUT2D eigenvalue weighted by molar-refractivity contribution is 9.10. The Morgan fingerprint density at radius 1 is 1.33 bits per heavy atom. The SMILES string of the molecule is CCc1c(C)sc(NC(=O)COc2ccc(C)cc2Br)c1C(N)=O. The Bertz CT molecular complexity index is 786. The summed E-state index contributed by atoms with van der Waals surface area (Å²) in [5.74, 6) is -0.287. The van der Waals surface area contributed by atoms with Crippen LogP contribution in [0.4, 0.5) is 5.00 Å². The highest BCUT2D eigenvalue weighted by Gasteiger charge is 2.20. The van der Waals surface area contributed by atoms with Gasteiger partial charge in [-0.1, -0.05) is 13.0 Å². The molecular weight excluding hydrogens is 392 g/mol. The standard InChI is InChI=1S/C17H19BrN2O3S/c1-4-11-10(3)24-17(15(11)16(19)22)20-14(21)8-23-13-6-5-9(2)7-12(13)18/h5-7H,4,8H2,1-3H3,(H2,19,22)(H,20,21). The number of anilines is 1. The summed E-state index contributed by atoms with van der Waals surface area (Å²) in [5.41, 5.74) is 7.82. The molecule has 1 heterocycles. The van der Waals surface area contributed by atoms with Crippen molar-refractivity contribution in [3.8, 4) is 5.75 Å². The number of primary amides is 1. The second kappa shape index (κ2) is 7.81. The molecule has 0 saturated carbocycles. The van der Waals surface area contributed by atoms with Gasteiger partial charge in [-0.2, -0.15) is 0 Å². The number of hydrogen-bond donors (Lipinski definition) is 2. The van der Waals surface area contributed by atoms with Crippen molar-refractivity contribution in [2.45, 2.75) is 27.2 Å². The van der Waals surface area contributed by atoms with Crippen molar-refractivity contribution in [1.82, 2.24) is 0 Å². The molecule has 5 nitrogen and oxygen atoms in total. The quantitative estimate of drug-likeness (QED) is 0.759. The zero-order valence-corrected chi connectivity index (χ0v) is 16.1. The summed E-state index contributed by atoms with van der Waals surface area (Å²) in [6.45, 7) is 5.67. The third kappa shape index (κ3) is 4.15. The molecule has 3 N–H and O–H groups in total. The van der Waals surface area contributed by atoms with Gasteiger partial charge in [0.25, 0.3) is 11.8 Å². The Kier molecular flexibility index (Phi) is 6.01. The molecule has 1 aromatic heterocycles. The molecule has 2 amide bonds. The second-order valence-electron chi connectivity index (χ2n) is 5.33. The number of nitrogens with one attached hydrogen (secondary N) is 1. The smallest absolute Gasteiger partial charge is 0.262 e. The Labute approximate surface area is 153 Å². The number of aryl methyl sites for hydroxylation is 2. The molecule has 0 aliphatic heterocycles. The Hall–Kier alpha value is -1.86. The van der Waals surface area contributed by atoms with E-state index in [1.165, 1.54) is 11.3 Å². The number of thiophene rings is 1. The van der Waals surface area contributed by atoms with Crippen molar-refractivity contribution in [3.05, 3.63) is 44.2 Å². The summed E-state index contributed by atoms with van der Waals surface area (Å²) in [6.07, 6.45) is 0.684. The maximum Gasteiger partial charge on any atom is 0.262 e. The fourth-order valence-electron chi connectivity index (χ4n) is 2.38. The Morgan fingerprint density at radius 2 is 2.04 bits per heavy atom. The lowest BCUT2D eigenvalue weighted by Crippen LogP contribution is -2.22. The number of carbonyl (C=O) groups excluding carboxylic acids is 2. The summed E-state index contributed by atoms with van der Waals surface area (Å²) in [5, 5.41) is 3.21. The van der Waals surface area contributed by atoms with Gasteiger partial charge in [0.15, 0.2) is 6.61 Å². The molecule has 2 aromatic rings. The number of halogens is 1. The van der Waals surface area contributed by atoms with E-state index >= 15 is 0 Å². The molecule has 0 bridgehead atoms. The number of hydrogen-bond acceptors (Lipinski definition) is 4. The molecule has 2 rings (SSSR count). The molecule has 7 heteroatoms. The van der Waals surface area contributed by atoms with Gasteiger partial charge in [0.05, 0.1) is 10.0 Å². The van der Waals surface area contributed by atoms with Crippen LogP contribution in [0.3, 0.4) is 0 Å². The molecule has 0 saturated heterocycles. The maximum absolute atomic E-state index is 12.2. The van der Waals surface area contributed by atoms with Gasteiger partial charge in [0, 0.05) is 4.88 Å². The van der Waals surface area contributed by atoms with Gasteiger partial charge < -0.3 is 15.8 Å². The summed E-state index contributed by atoms with van der Waals surface area (Å²) in [4.78, 5) is 24.8. The second-order valence-corrected chi connectivity index (χ2v) is 7.41. The van der Waals surface area contributed by atoms with Crippen molar-refractivity contribution in [2.75, 3.05) is 11.9 Å². The van der Waals surface area contributed by atoms with E-state index in [9.17, 15) is 9.59 Å². The van der Waals surface area contributed by atoms with Gasteiger partial charge in [-0.15, -0.1) is 11.3 Å². The van der Waals surface area contributed by atoms with E-state index in [0.29, 0.717) is 22.7 Å². The van der Waals surface area contributed by atoms with Crippen LogP contribution in [0.5, 0.6) is 5.75 Å². The largest absolute Gasteiger partial charge is 0.483 e. The van der Waals surface area contributed by atoms with E-state index < -0.39 is 5.91 Å². The van der Waals surface area contributed by atoms with Gasteiger partial charge in [-0.05, 0) is 59.5 Å². The van der Waals surface area contributed by atoms with E-state index in [1.807, 2.05) is 32.9 Å². The minimum absolute atomic E-state index is 0.154. The van der Waals surface area contributed by atoms with Crippen LogP contribution in [0.2, 0.25) is 0 Å². The van der Waals surface area contributed by atoms with E-state index in [4.69, 9.17) is 10.5 Å². The van der Waals surface area contributed by atoms with Crippen molar-refractivity contribution in [1.29, 1.82) is 0 Å². The van der Waals surface area contributed by atoms with Crippen LogP contribution in [0.15, 0.2) is 22.7 Å². The van der Waals surface area contributed by atoms with E-state index in [2.05, 4.69) is 21.2 Å². The fourth-order valence-corrected chi connectivity index (χ4v) is 4.16. The van der Waals surface area contributed by atoms with Crippen LogP contribution < -0.4 is 15.8 Å². The molecule has 128 valence electrons. The third-order valence-electron chi connectivity index (χ3n) is 3.51. The molecule has 24 heavy (non-hydrogen) atoms. The van der Waals surface area contributed by atoms with Crippen LogP contribution in [-0.2, 0) is 11.2 Å². The first-order chi connectivity index (χ1) is 11.3. The average Bonchev–Trinajstić information content (AvgIpc) is 2.81. The number of ether oxygens (including phenoxy) is 1. The van der Waals surface area contributed by atoms with E-state index in [-0.39, 0.29) is 12.5 Å². The van der Waals surface area contributed by atoms with Crippen molar-refractivity contribution in [2.24, 2.45) is 5.73 Å². The zero-order chi connectivity index (χ0) is 17.9. The highest BCUT2D eigenvalue weighted by atomic mass is 79.9. The van der Waals surface area contributed by atoms with Gasteiger partial charge in [0.1, 0.15) is 10.8 Å². The molecular formula is C17H19BrN2O3S. The lowest BCUT2D eigenvalue weighted by atomic mass is 10.1. The fraction of sp³-hybridized carbons (Fsp3) is 0.294. The minimum Gasteiger partial charge on any atom is -0.483 e. The van der Waals surface area contributed by atoms with Crippen LogP contribution in [-0.4, -0.2) is 18.4 Å².